The SMILES string of the molecule is CCC(CC)(CNC(=NC)NCc1ncnn1C)c1ccc(Cl)cc1. The molecule has 25 heavy (non-hydrogen) atoms. The van der Waals surface area contributed by atoms with Crippen LogP contribution in [0.4, 0.5) is 0 Å². The van der Waals surface area contributed by atoms with Gasteiger partial charge in [-0.15, -0.1) is 0 Å². The molecule has 0 radical (unpaired) electrons. The van der Waals surface area contributed by atoms with E-state index in [1.54, 1.807) is 18.1 Å². The first-order valence-electron chi connectivity index (χ1n) is 8.58. The molecule has 0 aliphatic carbocycles. The largest absolute Gasteiger partial charge is 0.356 e. The van der Waals surface area contributed by atoms with Crippen molar-refractivity contribution in [1.29, 1.82) is 0 Å². The first-order valence-corrected chi connectivity index (χ1v) is 8.96. The molecule has 0 saturated carbocycles. The van der Waals surface area contributed by atoms with E-state index in [0.717, 1.165) is 36.2 Å². The second-order valence-electron chi connectivity index (χ2n) is 6.07. The van der Waals surface area contributed by atoms with E-state index in [1.165, 1.54) is 5.56 Å². The van der Waals surface area contributed by atoms with Crippen LogP contribution >= 0.6 is 11.6 Å². The van der Waals surface area contributed by atoms with Gasteiger partial charge in [0.05, 0.1) is 6.54 Å². The van der Waals surface area contributed by atoms with Crippen molar-refractivity contribution in [2.24, 2.45) is 12.0 Å². The Labute approximate surface area is 154 Å². The zero-order valence-corrected chi connectivity index (χ0v) is 16.1. The lowest BCUT2D eigenvalue weighted by Gasteiger charge is -2.33. The molecule has 0 fully saturated rings. The van der Waals surface area contributed by atoms with Crippen LogP contribution in [0.5, 0.6) is 0 Å². The first kappa shape index (κ1) is 19.2. The van der Waals surface area contributed by atoms with Crippen molar-refractivity contribution in [3.05, 3.63) is 47.0 Å². The normalized spacial score (nSPS) is 12.3. The van der Waals surface area contributed by atoms with Gasteiger partial charge in [0.1, 0.15) is 12.2 Å². The molecule has 6 nitrogen and oxygen atoms in total. The molecule has 1 heterocycles. The summed E-state index contributed by atoms with van der Waals surface area (Å²) in [7, 11) is 3.65. The van der Waals surface area contributed by atoms with Crippen LogP contribution < -0.4 is 10.6 Å². The van der Waals surface area contributed by atoms with Gasteiger partial charge in [-0.1, -0.05) is 37.6 Å². The molecule has 7 heteroatoms. The van der Waals surface area contributed by atoms with E-state index in [9.17, 15) is 0 Å². The maximum absolute atomic E-state index is 6.04. The fourth-order valence-electron chi connectivity index (χ4n) is 2.93. The summed E-state index contributed by atoms with van der Waals surface area (Å²) in [5.41, 5.74) is 1.32. The summed E-state index contributed by atoms with van der Waals surface area (Å²) in [6, 6.07) is 8.15. The Bertz CT molecular complexity index is 688. The van der Waals surface area contributed by atoms with Crippen LogP contribution in [0.3, 0.4) is 0 Å². The molecular formula is C18H27ClN6. The number of hydrogen-bond donors (Lipinski definition) is 2. The Balaban J connectivity index is 2.03. The van der Waals surface area contributed by atoms with E-state index in [4.69, 9.17) is 11.6 Å². The maximum Gasteiger partial charge on any atom is 0.191 e. The van der Waals surface area contributed by atoms with Crippen LogP contribution in [0.15, 0.2) is 35.6 Å². The predicted octanol–water partition coefficient (Wildman–Crippen LogP) is 2.89. The summed E-state index contributed by atoms with van der Waals surface area (Å²) >= 11 is 6.04. The number of aliphatic imine (C=N–C) groups is 1. The van der Waals surface area contributed by atoms with Gasteiger partial charge in [-0.25, -0.2) is 4.98 Å². The Morgan fingerprint density at radius 1 is 1.20 bits per heavy atom. The van der Waals surface area contributed by atoms with Crippen LogP contribution in [-0.2, 0) is 19.0 Å². The van der Waals surface area contributed by atoms with E-state index >= 15 is 0 Å². The third-order valence-corrected chi connectivity index (χ3v) is 5.10. The minimum Gasteiger partial charge on any atom is -0.356 e. The van der Waals surface area contributed by atoms with Gasteiger partial charge in [0.15, 0.2) is 5.96 Å². The highest BCUT2D eigenvalue weighted by molar-refractivity contribution is 6.30. The van der Waals surface area contributed by atoms with Gasteiger partial charge in [-0.3, -0.25) is 9.67 Å². The second-order valence-corrected chi connectivity index (χ2v) is 6.51. The molecule has 0 aliphatic rings. The molecule has 0 spiro atoms. The van der Waals surface area contributed by atoms with Crippen molar-refractivity contribution in [3.63, 3.8) is 0 Å². The topological polar surface area (TPSA) is 67.1 Å². The number of benzene rings is 1. The lowest BCUT2D eigenvalue weighted by Crippen LogP contribution is -2.45. The van der Waals surface area contributed by atoms with E-state index in [1.807, 2.05) is 19.2 Å². The lowest BCUT2D eigenvalue weighted by molar-refractivity contribution is 0.389. The number of aryl methyl sites for hydroxylation is 1. The number of nitrogens with zero attached hydrogens (tertiary/aromatic N) is 4. The third-order valence-electron chi connectivity index (χ3n) is 4.85. The molecule has 0 saturated heterocycles. The average molecular weight is 363 g/mol. The third kappa shape index (κ3) is 4.72. The monoisotopic (exact) mass is 362 g/mol. The van der Waals surface area contributed by atoms with Gasteiger partial charge in [-0.05, 0) is 30.5 Å². The molecule has 0 unspecified atom stereocenters. The van der Waals surface area contributed by atoms with E-state index in [2.05, 4.69) is 51.7 Å². The molecule has 0 aliphatic heterocycles. The number of rotatable bonds is 7. The van der Waals surface area contributed by atoms with Gasteiger partial charge in [0, 0.05) is 31.1 Å². The summed E-state index contributed by atoms with van der Waals surface area (Å²) in [6.07, 6.45) is 3.60. The number of aromatic nitrogens is 3. The summed E-state index contributed by atoms with van der Waals surface area (Å²) in [5.74, 6) is 1.61. The standard InChI is InChI=1S/C18H27ClN6/c1-5-18(6-2,14-7-9-15(19)10-8-14)12-22-17(20-3)21-11-16-23-13-24-25(16)4/h7-10,13H,5-6,11-12H2,1-4H3,(H2,20,21,22). The van der Waals surface area contributed by atoms with E-state index in [0.29, 0.717) is 6.54 Å². The van der Waals surface area contributed by atoms with Crippen LogP contribution in [0.25, 0.3) is 0 Å². The smallest absolute Gasteiger partial charge is 0.191 e. The van der Waals surface area contributed by atoms with Crippen molar-refractivity contribution >= 4 is 17.6 Å². The van der Waals surface area contributed by atoms with Gasteiger partial charge in [-0.2, -0.15) is 5.10 Å². The van der Waals surface area contributed by atoms with Gasteiger partial charge in [0.2, 0.25) is 0 Å². The highest BCUT2D eigenvalue weighted by Crippen LogP contribution is 2.31. The molecule has 136 valence electrons. The minimum absolute atomic E-state index is 0.0347. The average Bonchev–Trinajstić information content (AvgIpc) is 3.05. The molecule has 2 aromatic rings. The molecular weight excluding hydrogens is 336 g/mol. The zero-order chi connectivity index (χ0) is 18.3. The van der Waals surface area contributed by atoms with Crippen LogP contribution in [0.2, 0.25) is 5.02 Å². The summed E-state index contributed by atoms with van der Waals surface area (Å²) in [5, 5.41) is 11.6. The summed E-state index contributed by atoms with van der Waals surface area (Å²) in [6.45, 7) is 5.80. The minimum atomic E-state index is 0.0347. The predicted molar refractivity (Wildman–Crippen MR) is 103 cm³/mol. The molecule has 1 aromatic carbocycles. The number of halogens is 1. The lowest BCUT2D eigenvalue weighted by atomic mass is 9.76. The van der Waals surface area contributed by atoms with Crippen LogP contribution in [-0.4, -0.2) is 34.3 Å². The fourth-order valence-corrected chi connectivity index (χ4v) is 3.06. The maximum atomic E-state index is 6.04. The highest BCUT2D eigenvalue weighted by Gasteiger charge is 2.28. The van der Waals surface area contributed by atoms with E-state index in [-0.39, 0.29) is 5.41 Å². The fraction of sp³-hybridized carbons (Fsp3) is 0.500. The van der Waals surface area contributed by atoms with Crippen molar-refractivity contribution in [3.8, 4) is 0 Å². The van der Waals surface area contributed by atoms with Crippen molar-refractivity contribution in [2.75, 3.05) is 13.6 Å². The second kappa shape index (κ2) is 8.85. The molecule has 0 amide bonds. The van der Waals surface area contributed by atoms with Crippen LogP contribution in [0.1, 0.15) is 38.1 Å². The molecule has 2 rings (SSSR count). The van der Waals surface area contributed by atoms with Crippen molar-refractivity contribution < 1.29 is 0 Å². The molecule has 2 N–H and O–H groups in total. The Kier molecular flexibility index (Phi) is 6.82. The molecule has 1 aromatic heterocycles. The number of nitrogens with one attached hydrogen (secondary N) is 2. The van der Waals surface area contributed by atoms with Crippen molar-refractivity contribution in [1.82, 2.24) is 25.4 Å². The highest BCUT2D eigenvalue weighted by atomic mass is 35.5. The molecule has 0 atom stereocenters. The quantitative estimate of drug-likeness (QED) is 0.587. The summed E-state index contributed by atoms with van der Waals surface area (Å²) < 4.78 is 1.75. The Morgan fingerprint density at radius 2 is 1.88 bits per heavy atom. The first-order chi connectivity index (χ1) is 12.0. The number of hydrogen-bond acceptors (Lipinski definition) is 3. The summed E-state index contributed by atoms with van der Waals surface area (Å²) in [4.78, 5) is 8.53. The van der Waals surface area contributed by atoms with E-state index < -0.39 is 0 Å². The number of guanidine groups is 1. The van der Waals surface area contributed by atoms with Gasteiger partial charge >= 0.3 is 0 Å². The molecule has 0 bridgehead atoms. The van der Waals surface area contributed by atoms with Gasteiger partial charge < -0.3 is 10.6 Å². The zero-order valence-electron chi connectivity index (χ0n) is 15.4. The van der Waals surface area contributed by atoms with Crippen molar-refractivity contribution in [2.45, 2.75) is 38.6 Å². The Morgan fingerprint density at radius 3 is 2.40 bits per heavy atom. The van der Waals surface area contributed by atoms with Crippen LogP contribution in [0, 0.1) is 0 Å². The van der Waals surface area contributed by atoms with Gasteiger partial charge in [0.25, 0.3) is 0 Å². The Hall–Kier alpha value is -2.08.